The molecule has 5 heteroatoms. The van der Waals surface area contributed by atoms with Crippen LogP contribution in [-0.2, 0) is 4.65 Å². The van der Waals surface area contributed by atoms with Gasteiger partial charge in [-0.25, -0.2) is 4.79 Å². The van der Waals surface area contributed by atoms with Crippen LogP contribution in [0.25, 0.3) is 0 Å². The van der Waals surface area contributed by atoms with E-state index in [2.05, 4.69) is 12.7 Å². The second kappa shape index (κ2) is 4.93. The maximum atomic E-state index is 9.02. The van der Waals surface area contributed by atoms with Crippen molar-refractivity contribution >= 4 is 14.2 Å². The number of carboxylic acid groups (broad SMARTS) is 1. The van der Waals surface area contributed by atoms with Crippen molar-refractivity contribution in [2.24, 2.45) is 0 Å². The fourth-order valence-electron chi connectivity index (χ4n) is 0. The van der Waals surface area contributed by atoms with Gasteiger partial charge in [0.25, 0.3) is 0 Å². The van der Waals surface area contributed by atoms with Gasteiger partial charge in [0.1, 0.15) is 0 Å². The molecule has 0 rings (SSSR count). The van der Waals surface area contributed by atoms with Crippen LogP contribution < -0.4 is 18.9 Å². The average molecular weight is 79.8 g/mol. The van der Waals surface area contributed by atoms with E-state index in [1.807, 2.05) is 0 Å². The summed E-state index contributed by atoms with van der Waals surface area (Å²) in [7, 11) is 4.07. The summed E-state index contributed by atoms with van der Waals surface area (Å²) in [6.45, 7) is 0. The minimum Gasteiger partial charge on any atom is -1.00 e. The molecule has 6 heavy (non-hydrogen) atoms. The van der Waals surface area contributed by atoms with Gasteiger partial charge >= 0.3 is 33.1 Å². The third-order valence-electron chi connectivity index (χ3n) is 0.101. The van der Waals surface area contributed by atoms with E-state index < -0.39 is 6.16 Å². The predicted octanol–water partition coefficient (Wildman–Crippen LogP) is -3.12. The summed E-state index contributed by atoms with van der Waals surface area (Å²) in [4.78, 5) is 9.02. The van der Waals surface area contributed by atoms with Crippen molar-refractivity contribution in [3.05, 3.63) is 0 Å². The molecule has 1 N–H and O–H groups in total. The minimum absolute atomic E-state index is 0. The molecule has 0 saturated heterocycles. The van der Waals surface area contributed by atoms with Gasteiger partial charge in [-0.3, -0.25) is 0 Å². The molecule has 0 saturated carbocycles. The molecule has 0 spiro atoms. The normalized spacial score (nSPS) is 5.33. The summed E-state index contributed by atoms with van der Waals surface area (Å²) >= 11 is 0. The van der Waals surface area contributed by atoms with Crippen LogP contribution in [0.1, 0.15) is 1.43 Å². The van der Waals surface area contributed by atoms with Crippen molar-refractivity contribution in [1.82, 2.24) is 0 Å². The first kappa shape index (κ1) is 9.33. The maximum absolute atomic E-state index is 9.02. The monoisotopic (exact) mass is 80.0 g/mol. The molecule has 0 aliphatic heterocycles. The van der Waals surface area contributed by atoms with Crippen LogP contribution in [0.5, 0.6) is 0 Å². The van der Waals surface area contributed by atoms with E-state index >= 15 is 0 Å². The van der Waals surface area contributed by atoms with E-state index in [1.54, 1.807) is 0 Å². The molecule has 3 nitrogen and oxygen atoms in total. The summed E-state index contributed by atoms with van der Waals surface area (Å²) in [5.74, 6) is 0. The summed E-state index contributed by atoms with van der Waals surface area (Å²) in [5, 5.41) is 7.38. The molecule has 2 radical (unpaired) electrons. The molecule has 0 unspecified atom stereocenters. The van der Waals surface area contributed by atoms with Crippen LogP contribution in [0, 0.1) is 0 Å². The van der Waals surface area contributed by atoms with Crippen LogP contribution in [-0.4, -0.2) is 19.3 Å². The van der Waals surface area contributed by atoms with E-state index in [-0.39, 0.29) is 20.3 Å². The molecule has 0 aromatic heterocycles. The Morgan fingerprint density at radius 3 is 2.17 bits per heavy atom. The van der Waals surface area contributed by atoms with Crippen LogP contribution >= 0.6 is 0 Å². The Bertz CT molecular complexity index is 50.2. The molecular weight excluding hydrogens is 77.8 g/mol. The van der Waals surface area contributed by atoms with Crippen molar-refractivity contribution in [2.75, 3.05) is 0 Å². The van der Waals surface area contributed by atoms with Crippen LogP contribution in [0.2, 0.25) is 0 Å². The first-order valence-corrected chi connectivity index (χ1v) is 0.868. The average Bonchev–Trinajstić information content (AvgIpc) is 1.38. The van der Waals surface area contributed by atoms with E-state index in [9.17, 15) is 0 Å². The minimum atomic E-state index is -1.47. The quantitative estimate of drug-likeness (QED) is 0.313. The van der Waals surface area contributed by atoms with Gasteiger partial charge in [0, 0.05) is 0 Å². The number of hydrogen-bond acceptors (Lipinski definition) is 2. The Morgan fingerprint density at radius 1 is 2.00 bits per heavy atom. The molecule has 0 aliphatic rings. The Hall–Kier alpha value is -0.0677. The van der Waals surface area contributed by atoms with Crippen LogP contribution in [0.4, 0.5) is 4.79 Å². The molecule has 0 amide bonds. The summed E-state index contributed by atoms with van der Waals surface area (Å²) in [6.07, 6.45) is -1.47. The number of hydrogen-bond donors (Lipinski definition) is 1. The largest absolute Gasteiger partial charge is 1.00 e. The molecule has 28 valence electrons. The molecule has 0 aliphatic carbocycles. The van der Waals surface area contributed by atoms with Gasteiger partial charge in [-0.1, -0.05) is 0 Å². The maximum Gasteiger partial charge on any atom is 1.00 e. The van der Waals surface area contributed by atoms with Crippen molar-refractivity contribution in [1.29, 1.82) is 0 Å². The van der Waals surface area contributed by atoms with Gasteiger partial charge in [0.05, 0.1) is 0 Å². The molecule has 0 atom stereocenters. The standard InChI is InChI=1S/CHBO3.Li.H/c2-5-1(3)4;;/h(H,3,4);;/q;+1;-1. The van der Waals surface area contributed by atoms with E-state index in [0.717, 1.165) is 0 Å². The zero-order valence-corrected chi connectivity index (χ0v) is 3.34. The third kappa shape index (κ3) is 9.06. The molecule has 0 aromatic rings. The van der Waals surface area contributed by atoms with Gasteiger partial charge < -0.3 is 11.2 Å². The number of carbonyl (C=O) groups is 1. The fourth-order valence-corrected chi connectivity index (χ4v) is 0. The second-order valence-electron chi connectivity index (χ2n) is 0.384. The SMILES string of the molecule is [B]OC(=O)O.[H-].[Li+]. The third-order valence-corrected chi connectivity index (χ3v) is 0.101. The Morgan fingerprint density at radius 2 is 2.17 bits per heavy atom. The summed E-state index contributed by atoms with van der Waals surface area (Å²) in [5.41, 5.74) is 0. The van der Waals surface area contributed by atoms with Crippen molar-refractivity contribution < 1.29 is 34.8 Å². The zero-order chi connectivity index (χ0) is 4.28. The smallest absolute Gasteiger partial charge is 1.00 e. The first-order valence-electron chi connectivity index (χ1n) is 0.868. The van der Waals surface area contributed by atoms with E-state index in [1.165, 1.54) is 0 Å². The Kier molecular flexibility index (Phi) is 7.67. The molecule has 0 bridgehead atoms. The van der Waals surface area contributed by atoms with Gasteiger partial charge in [-0.2, -0.15) is 0 Å². The molecule has 0 heterocycles. The van der Waals surface area contributed by atoms with Crippen molar-refractivity contribution in [2.45, 2.75) is 0 Å². The summed E-state index contributed by atoms with van der Waals surface area (Å²) in [6, 6.07) is 0. The molecule has 0 fully saturated rings. The Balaban J connectivity index is -0.0000000800. The van der Waals surface area contributed by atoms with Gasteiger partial charge in [0.2, 0.25) is 0 Å². The van der Waals surface area contributed by atoms with Crippen molar-refractivity contribution in [3.8, 4) is 0 Å². The van der Waals surface area contributed by atoms with Crippen LogP contribution in [0.15, 0.2) is 0 Å². The van der Waals surface area contributed by atoms with Gasteiger partial charge in [-0.05, 0) is 0 Å². The van der Waals surface area contributed by atoms with Crippen molar-refractivity contribution in [3.63, 3.8) is 0 Å². The van der Waals surface area contributed by atoms with Crippen LogP contribution in [0.3, 0.4) is 0 Å². The van der Waals surface area contributed by atoms with Gasteiger partial charge in [0.15, 0.2) is 0 Å². The van der Waals surface area contributed by atoms with Gasteiger partial charge in [-0.15, -0.1) is 0 Å². The predicted molar refractivity (Wildman–Crippen MR) is 16.0 cm³/mol. The second-order valence-corrected chi connectivity index (χ2v) is 0.384. The topological polar surface area (TPSA) is 46.5 Å². The fraction of sp³-hybridized carbons (Fsp3) is 0. The van der Waals surface area contributed by atoms with E-state index in [4.69, 9.17) is 9.90 Å². The molecule has 0 aromatic carbocycles. The molecular formula is CH2BLiO3. The first-order chi connectivity index (χ1) is 2.27. The Labute approximate surface area is 49.8 Å². The number of rotatable bonds is 0. The van der Waals surface area contributed by atoms with E-state index in [0.29, 0.717) is 0 Å². The zero-order valence-electron chi connectivity index (χ0n) is 4.34. The summed E-state index contributed by atoms with van der Waals surface area (Å²) < 4.78 is 3.17.